The van der Waals surface area contributed by atoms with Crippen molar-refractivity contribution < 1.29 is 13.2 Å². The average Bonchev–Trinajstić information content (AvgIpc) is 2.77. The molecule has 2 unspecified atom stereocenters. The van der Waals surface area contributed by atoms with Crippen molar-refractivity contribution in [1.82, 2.24) is 0 Å². The molecule has 0 spiro atoms. The summed E-state index contributed by atoms with van der Waals surface area (Å²) in [6.07, 6.45) is -1.76. The van der Waals surface area contributed by atoms with Gasteiger partial charge >= 0.3 is 6.18 Å². The molecule has 102 valence electrons. The van der Waals surface area contributed by atoms with Crippen LogP contribution >= 0.6 is 0 Å². The summed E-state index contributed by atoms with van der Waals surface area (Å²) in [7, 11) is 0. The molecule has 2 atom stereocenters. The first-order chi connectivity index (χ1) is 8.91. The van der Waals surface area contributed by atoms with Crippen molar-refractivity contribution in [3.05, 3.63) is 29.3 Å². The Kier molecular flexibility index (Phi) is 3.70. The Bertz CT molecular complexity index is 502. The van der Waals surface area contributed by atoms with E-state index in [-0.39, 0.29) is 12.0 Å². The molecule has 1 aromatic rings. The molecule has 0 heterocycles. The van der Waals surface area contributed by atoms with Gasteiger partial charge in [0.05, 0.1) is 17.6 Å². The van der Waals surface area contributed by atoms with Crippen molar-refractivity contribution >= 4 is 5.69 Å². The van der Waals surface area contributed by atoms with Gasteiger partial charge in [0.15, 0.2) is 0 Å². The fourth-order valence-electron chi connectivity index (χ4n) is 2.44. The standard InChI is InChI=1S/C14H15F3N2/c1-9-5-6-11(14(15,16)17)7-13(9)19-12-4-2-3-10(12)8-18/h5-7,10,12,19H,2-4H2,1H3. The zero-order valence-corrected chi connectivity index (χ0v) is 10.6. The minimum absolute atomic E-state index is 0.0489. The van der Waals surface area contributed by atoms with Crippen LogP contribution in [-0.4, -0.2) is 6.04 Å². The molecule has 19 heavy (non-hydrogen) atoms. The van der Waals surface area contributed by atoms with Gasteiger partial charge in [-0.15, -0.1) is 0 Å². The van der Waals surface area contributed by atoms with Crippen molar-refractivity contribution in [2.45, 2.75) is 38.4 Å². The lowest BCUT2D eigenvalue weighted by Gasteiger charge is -2.20. The van der Waals surface area contributed by atoms with Gasteiger partial charge in [-0.2, -0.15) is 18.4 Å². The highest BCUT2D eigenvalue weighted by Crippen LogP contribution is 2.34. The van der Waals surface area contributed by atoms with Gasteiger partial charge in [-0.05, 0) is 43.9 Å². The van der Waals surface area contributed by atoms with Gasteiger partial charge in [-0.1, -0.05) is 6.07 Å². The third-order valence-electron chi connectivity index (χ3n) is 3.59. The van der Waals surface area contributed by atoms with Crippen molar-refractivity contribution in [3.63, 3.8) is 0 Å². The summed E-state index contributed by atoms with van der Waals surface area (Å²) in [6.45, 7) is 1.76. The highest BCUT2D eigenvalue weighted by molar-refractivity contribution is 5.54. The van der Waals surface area contributed by atoms with E-state index < -0.39 is 11.7 Å². The largest absolute Gasteiger partial charge is 0.416 e. The molecular formula is C14H15F3N2. The lowest BCUT2D eigenvalue weighted by Crippen LogP contribution is -2.23. The molecule has 0 bridgehead atoms. The molecule has 1 N–H and O–H groups in total. The van der Waals surface area contributed by atoms with Gasteiger partial charge in [-0.3, -0.25) is 0 Å². The highest BCUT2D eigenvalue weighted by Gasteiger charge is 2.32. The van der Waals surface area contributed by atoms with Crippen LogP contribution in [0.5, 0.6) is 0 Å². The van der Waals surface area contributed by atoms with Crippen LogP contribution in [0.3, 0.4) is 0 Å². The summed E-state index contributed by atoms with van der Waals surface area (Å²) in [5.74, 6) is -0.117. The Labute approximate surface area is 110 Å². The van der Waals surface area contributed by atoms with Gasteiger partial charge < -0.3 is 5.32 Å². The predicted octanol–water partition coefficient (Wildman–Crippen LogP) is 4.12. The number of halogens is 3. The molecule has 0 aromatic heterocycles. The number of benzene rings is 1. The number of hydrogen-bond acceptors (Lipinski definition) is 2. The maximum Gasteiger partial charge on any atom is 0.416 e. The van der Waals surface area contributed by atoms with Gasteiger partial charge in [0, 0.05) is 11.7 Å². The molecule has 0 saturated heterocycles. The quantitative estimate of drug-likeness (QED) is 0.875. The van der Waals surface area contributed by atoms with E-state index in [0.717, 1.165) is 37.0 Å². The fraction of sp³-hybridized carbons (Fsp3) is 0.500. The van der Waals surface area contributed by atoms with E-state index in [1.807, 2.05) is 0 Å². The molecule has 0 aliphatic heterocycles. The van der Waals surface area contributed by atoms with E-state index in [9.17, 15) is 13.2 Å². The van der Waals surface area contributed by atoms with Crippen molar-refractivity contribution in [1.29, 1.82) is 5.26 Å². The van der Waals surface area contributed by atoms with Crippen LogP contribution in [0.15, 0.2) is 18.2 Å². The smallest absolute Gasteiger partial charge is 0.381 e. The molecule has 1 aliphatic rings. The van der Waals surface area contributed by atoms with Gasteiger partial charge in [0.25, 0.3) is 0 Å². The van der Waals surface area contributed by atoms with Gasteiger partial charge in [0.2, 0.25) is 0 Å². The van der Waals surface area contributed by atoms with Crippen molar-refractivity contribution in [3.8, 4) is 6.07 Å². The molecule has 5 heteroatoms. The number of nitrogens with zero attached hydrogens (tertiary/aromatic N) is 1. The topological polar surface area (TPSA) is 35.8 Å². The fourth-order valence-corrected chi connectivity index (χ4v) is 2.44. The molecule has 0 amide bonds. The maximum atomic E-state index is 12.7. The Morgan fingerprint density at radius 1 is 1.32 bits per heavy atom. The summed E-state index contributed by atoms with van der Waals surface area (Å²) in [6, 6.07) is 5.83. The lowest BCUT2D eigenvalue weighted by atomic mass is 10.0. The van der Waals surface area contributed by atoms with E-state index >= 15 is 0 Å². The van der Waals surface area contributed by atoms with Crippen LogP contribution in [0.2, 0.25) is 0 Å². The number of hydrogen-bond donors (Lipinski definition) is 1. The first-order valence-corrected chi connectivity index (χ1v) is 6.26. The summed E-state index contributed by atoms with van der Waals surface area (Å²) >= 11 is 0. The molecule has 1 aromatic carbocycles. The normalized spacial score (nSPS) is 23.1. The number of nitriles is 1. The molecule has 2 rings (SSSR count). The Balaban J connectivity index is 2.23. The SMILES string of the molecule is Cc1ccc(C(F)(F)F)cc1NC1CCCC1C#N. The number of aryl methyl sites for hydroxylation is 1. The second-order valence-electron chi connectivity index (χ2n) is 4.94. The van der Waals surface area contributed by atoms with Crippen LogP contribution in [0, 0.1) is 24.2 Å². The second kappa shape index (κ2) is 5.12. The summed E-state index contributed by atoms with van der Waals surface area (Å²) in [5.41, 5.74) is 0.575. The Hall–Kier alpha value is -1.70. The summed E-state index contributed by atoms with van der Waals surface area (Å²) in [5, 5.41) is 12.1. The number of rotatable bonds is 2. The first kappa shape index (κ1) is 13.7. The zero-order valence-electron chi connectivity index (χ0n) is 10.6. The third kappa shape index (κ3) is 3.01. The minimum atomic E-state index is -4.34. The maximum absolute atomic E-state index is 12.7. The van der Waals surface area contributed by atoms with E-state index in [0.29, 0.717) is 5.69 Å². The van der Waals surface area contributed by atoms with E-state index in [2.05, 4.69) is 11.4 Å². The molecule has 1 saturated carbocycles. The predicted molar refractivity (Wildman–Crippen MR) is 66.5 cm³/mol. The number of nitrogens with one attached hydrogen (secondary N) is 1. The third-order valence-corrected chi connectivity index (χ3v) is 3.59. The van der Waals surface area contributed by atoms with Crippen molar-refractivity contribution in [2.24, 2.45) is 5.92 Å². The van der Waals surface area contributed by atoms with Crippen LogP contribution in [0.25, 0.3) is 0 Å². The van der Waals surface area contributed by atoms with E-state index in [4.69, 9.17) is 5.26 Å². The van der Waals surface area contributed by atoms with Gasteiger partial charge in [0.1, 0.15) is 0 Å². The van der Waals surface area contributed by atoms with Gasteiger partial charge in [-0.25, -0.2) is 0 Å². The van der Waals surface area contributed by atoms with E-state index in [1.54, 1.807) is 6.92 Å². The van der Waals surface area contributed by atoms with Crippen molar-refractivity contribution in [2.75, 3.05) is 5.32 Å². The highest BCUT2D eigenvalue weighted by atomic mass is 19.4. The Morgan fingerprint density at radius 2 is 2.05 bits per heavy atom. The number of anilines is 1. The average molecular weight is 268 g/mol. The van der Waals surface area contributed by atoms with Crippen LogP contribution < -0.4 is 5.32 Å². The van der Waals surface area contributed by atoms with Crippen LogP contribution in [0.4, 0.5) is 18.9 Å². The molecular weight excluding hydrogens is 253 g/mol. The summed E-state index contributed by atoms with van der Waals surface area (Å²) in [4.78, 5) is 0. The molecule has 1 fully saturated rings. The minimum Gasteiger partial charge on any atom is -0.381 e. The second-order valence-corrected chi connectivity index (χ2v) is 4.94. The lowest BCUT2D eigenvalue weighted by molar-refractivity contribution is -0.137. The monoisotopic (exact) mass is 268 g/mol. The molecule has 0 radical (unpaired) electrons. The van der Waals surface area contributed by atoms with E-state index in [1.165, 1.54) is 6.07 Å². The zero-order chi connectivity index (χ0) is 14.0. The van der Waals surface area contributed by atoms with Crippen LogP contribution in [-0.2, 0) is 6.18 Å². The first-order valence-electron chi connectivity index (χ1n) is 6.26. The Morgan fingerprint density at radius 3 is 2.68 bits per heavy atom. The number of alkyl halides is 3. The summed E-state index contributed by atoms with van der Waals surface area (Å²) < 4.78 is 38.0. The van der Waals surface area contributed by atoms with Crippen LogP contribution in [0.1, 0.15) is 30.4 Å². The molecule has 1 aliphatic carbocycles. The molecule has 2 nitrogen and oxygen atoms in total.